The van der Waals surface area contributed by atoms with Crippen molar-refractivity contribution in [1.82, 2.24) is 9.88 Å². The van der Waals surface area contributed by atoms with Crippen molar-refractivity contribution < 1.29 is 18.9 Å². The zero-order valence-corrected chi connectivity index (χ0v) is 12.4. The molecule has 3 amide bonds. The molecule has 1 fully saturated rings. The minimum absolute atomic E-state index is 0.197. The number of piperidine rings is 1. The Morgan fingerprint density at radius 3 is 2.55 bits per heavy atom. The number of imide groups is 1. The van der Waals surface area contributed by atoms with Crippen LogP contribution in [0.4, 0.5) is 0 Å². The molecule has 116 valence electrons. The van der Waals surface area contributed by atoms with Crippen molar-refractivity contribution >= 4 is 17.7 Å². The average molecular weight is 302 g/mol. The van der Waals surface area contributed by atoms with E-state index in [1.807, 2.05) is 29.1 Å². The van der Waals surface area contributed by atoms with Crippen LogP contribution in [0.3, 0.4) is 0 Å². The predicted octanol–water partition coefficient (Wildman–Crippen LogP) is 0.597. The molecule has 1 atom stereocenters. The summed E-state index contributed by atoms with van der Waals surface area (Å²) in [4.78, 5) is 36.9. The SMILES string of the molecule is O=C(NCCn1cccc1)C1CCCC[N+]12C(=O)C=CC2=O. The van der Waals surface area contributed by atoms with Crippen LogP contribution in [-0.2, 0) is 20.9 Å². The van der Waals surface area contributed by atoms with Crippen molar-refractivity contribution in [3.63, 3.8) is 0 Å². The van der Waals surface area contributed by atoms with Crippen LogP contribution in [0.5, 0.6) is 0 Å². The molecule has 0 aliphatic carbocycles. The van der Waals surface area contributed by atoms with Crippen LogP contribution in [0.25, 0.3) is 0 Å². The van der Waals surface area contributed by atoms with E-state index in [1.165, 1.54) is 12.2 Å². The van der Waals surface area contributed by atoms with Crippen molar-refractivity contribution in [2.24, 2.45) is 0 Å². The van der Waals surface area contributed by atoms with E-state index in [0.29, 0.717) is 26.1 Å². The van der Waals surface area contributed by atoms with E-state index >= 15 is 0 Å². The molecule has 1 N–H and O–H groups in total. The fourth-order valence-corrected chi connectivity index (χ4v) is 3.40. The molecule has 3 rings (SSSR count). The predicted molar refractivity (Wildman–Crippen MR) is 79.4 cm³/mol. The molecule has 1 saturated heterocycles. The number of carbonyl (C=O) groups excluding carboxylic acids is 3. The highest BCUT2D eigenvalue weighted by molar-refractivity contribution is 6.06. The molecule has 0 saturated carbocycles. The first-order valence-electron chi connectivity index (χ1n) is 7.68. The van der Waals surface area contributed by atoms with E-state index in [9.17, 15) is 14.4 Å². The minimum Gasteiger partial charge on any atom is -0.353 e. The van der Waals surface area contributed by atoms with Gasteiger partial charge in [-0.1, -0.05) is 0 Å². The van der Waals surface area contributed by atoms with Crippen LogP contribution in [-0.4, -0.2) is 45.9 Å². The zero-order valence-electron chi connectivity index (χ0n) is 12.4. The lowest BCUT2D eigenvalue weighted by Gasteiger charge is -2.38. The molecular weight excluding hydrogens is 282 g/mol. The van der Waals surface area contributed by atoms with Crippen molar-refractivity contribution in [3.05, 3.63) is 36.7 Å². The quantitative estimate of drug-likeness (QED) is 0.654. The third-order valence-corrected chi connectivity index (χ3v) is 4.56. The summed E-state index contributed by atoms with van der Waals surface area (Å²) in [5.74, 6) is -0.706. The fraction of sp³-hybridized carbons (Fsp3) is 0.438. The van der Waals surface area contributed by atoms with Gasteiger partial charge in [0, 0.05) is 31.9 Å². The second-order valence-electron chi connectivity index (χ2n) is 5.83. The van der Waals surface area contributed by atoms with Gasteiger partial charge in [-0.2, -0.15) is 4.48 Å². The van der Waals surface area contributed by atoms with Gasteiger partial charge in [0.15, 0.2) is 6.04 Å². The maximum Gasteiger partial charge on any atom is 0.347 e. The molecule has 22 heavy (non-hydrogen) atoms. The summed E-state index contributed by atoms with van der Waals surface area (Å²) in [6.45, 7) is 1.59. The molecule has 6 heteroatoms. The number of hydrogen-bond donors (Lipinski definition) is 1. The van der Waals surface area contributed by atoms with Crippen molar-refractivity contribution in [1.29, 1.82) is 0 Å². The number of quaternary nitrogens is 1. The summed E-state index contributed by atoms with van der Waals surface area (Å²) in [7, 11) is 0. The molecule has 1 aromatic heterocycles. The Balaban J connectivity index is 1.67. The fourth-order valence-electron chi connectivity index (χ4n) is 3.40. The van der Waals surface area contributed by atoms with E-state index in [0.717, 1.165) is 12.8 Å². The number of nitrogens with one attached hydrogen (secondary N) is 1. The highest BCUT2D eigenvalue weighted by Gasteiger charge is 2.56. The Morgan fingerprint density at radius 2 is 1.86 bits per heavy atom. The second-order valence-corrected chi connectivity index (χ2v) is 5.83. The first-order valence-corrected chi connectivity index (χ1v) is 7.68. The van der Waals surface area contributed by atoms with Crippen molar-refractivity contribution in [2.45, 2.75) is 31.8 Å². The average Bonchev–Trinajstić information content (AvgIpc) is 3.13. The molecule has 2 aliphatic rings. The van der Waals surface area contributed by atoms with Crippen LogP contribution in [0.15, 0.2) is 36.7 Å². The van der Waals surface area contributed by atoms with Gasteiger partial charge in [0.05, 0.1) is 18.7 Å². The van der Waals surface area contributed by atoms with Gasteiger partial charge in [-0.15, -0.1) is 0 Å². The molecule has 1 aromatic rings. The normalized spacial score (nSPS) is 23.2. The van der Waals surface area contributed by atoms with Crippen LogP contribution in [0.1, 0.15) is 19.3 Å². The summed E-state index contributed by atoms with van der Waals surface area (Å²) in [6.07, 6.45) is 8.73. The highest BCUT2D eigenvalue weighted by atomic mass is 16.2. The molecular formula is C16H20N3O3+. The van der Waals surface area contributed by atoms with Gasteiger partial charge >= 0.3 is 11.8 Å². The maximum absolute atomic E-state index is 12.5. The smallest absolute Gasteiger partial charge is 0.347 e. The largest absolute Gasteiger partial charge is 0.353 e. The number of aromatic nitrogens is 1. The Labute approximate surface area is 129 Å². The molecule has 1 spiro atoms. The topological polar surface area (TPSA) is 68.2 Å². The number of amides is 3. The maximum atomic E-state index is 12.5. The molecule has 0 aromatic carbocycles. The first kappa shape index (κ1) is 14.7. The first-order chi connectivity index (χ1) is 10.6. The van der Waals surface area contributed by atoms with Gasteiger partial charge in [0.25, 0.3) is 5.91 Å². The molecule has 2 aliphatic heterocycles. The van der Waals surface area contributed by atoms with Crippen LogP contribution in [0, 0.1) is 0 Å². The Bertz CT molecular complexity index is 601. The highest BCUT2D eigenvalue weighted by Crippen LogP contribution is 2.30. The Hall–Kier alpha value is -2.21. The second kappa shape index (κ2) is 5.88. The number of rotatable bonds is 4. The van der Waals surface area contributed by atoms with Crippen LogP contribution < -0.4 is 5.32 Å². The van der Waals surface area contributed by atoms with Gasteiger partial charge in [-0.3, -0.25) is 4.79 Å². The third kappa shape index (κ3) is 2.39. The summed E-state index contributed by atoms with van der Waals surface area (Å²) < 4.78 is 1.63. The van der Waals surface area contributed by atoms with Gasteiger partial charge in [-0.25, -0.2) is 9.59 Å². The van der Waals surface area contributed by atoms with Gasteiger partial charge in [-0.05, 0) is 25.0 Å². The van der Waals surface area contributed by atoms with E-state index in [-0.39, 0.29) is 22.2 Å². The standard InChI is InChI=1S/C16H19N3O3/c20-14-6-7-15(21)19(14)12-4-1-5-13(19)16(22)17-8-11-18-9-2-3-10-18/h2-3,6-7,9-10,13H,1,4-5,8,11-12H2/p+1. The molecule has 0 bridgehead atoms. The Kier molecular flexibility index (Phi) is 3.94. The van der Waals surface area contributed by atoms with E-state index < -0.39 is 6.04 Å². The van der Waals surface area contributed by atoms with Gasteiger partial charge in [0.1, 0.15) is 0 Å². The zero-order chi connectivity index (χ0) is 15.6. The lowest BCUT2D eigenvalue weighted by Crippen LogP contribution is -2.66. The summed E-state index contributed by atoms with van der Waals surface area (Å²) in [5, 5.41) is 2.88. The van der Waals surface area contributed by atoms with E-state index in [4.69, 9.17) is 0 Å². The molecule has 0 radical (unpaired) electrons. The molecule has 3 heterocycles. The third-order valence-electron chi connectivity index (χ3n) is 4.56. The number of carbonyl (C=O) groups is 3. The number of hydrogen-bond acceptors (Lipinski definition) is 3. The number of nitrogens with zero attached hydrogens (tertiary/aromatic N) is 2. The summed E-state index contributed by atoms with van der Waals surface area (Å²) >= 11 is 0. The monoisotopic (exact) mass is 302 g/mol. The minimum atomic E-state index is -0.589. The van der Waals surface area contributed by atoms with Gasteiger partial charge in [0.2, 0.25) is 0 Å². The lowest BCUT2D eigenvalue weighted by atomic mass is 9.97. The Morgan fingerprint density at radius 1 is 1.18 bits per heavy atom. The molecule has 1 unspecified atom stereocenters. The van der Waals surface area contributed by atoms with Crippen LogP contribution in [0.2, 0.25) is 0 Å². The van der Waals surface area contributed by atoms with E-state index in [1.54, 1.807) is 0 Å². The van der Waals surface area contributed by atoms with Crippen LogP contribution >= 0.6 is 0 Å². The van der Waals surface area contributed by atoms with Crippen molar-refractivity contribution in [3.8, 4) is 0 Å². The summed E-state index contributed by atoms with van der Waals surface area (Å²) in [6, 6.07) is 3.26. The summed E-state index contributed by atoms with van der Waals surface area (Å²) in [5.41, 5.74) is 0. The van der Waals surface area contributed by atoms with E-state index in [2.05, 4.69) is 5.32 Å². The van der Waals surface area contributed by atoms with Gasteiger partial charge < -0.3 is 9.88 Å². The lowest BCUT2D eigenvalue weighted by molar-refractivity contribution is -0.795. The van der Waals surface area contributed by atoms with Crippen molar-refractivity contribution in [2.75, 3.05) is 13.1 Å². The molecule has 6 nitrogen and oxygen atoms in total.